The van der Waals surface area contributed by atoms with Gasteiger partial charge in [0.15, 0.2) is 0 Å². The Morgan fingerprint density at radius 2 is 1.48 bits per heavy atom. The van der Waals surface area contributed by atoms with Crippen molar-refractivity contribution >= 4 is 5.97 Å². The van der Waals surface area contributed by atoms with E-state index in [9.17, 15) is 4.79 Å². The molecule has 1 N–H and O–H groups in total. The molecule has 0 heterocycles. The molecule has 0 aliphatic carbocycles. The summed E-state index contributed by atoms with van der Waals surface area (Å²) in [5.41, 5.74) is 0.485. The number of hydrogen-bond donors (Lipinski definition) is 1. The number of carbonyl (C=O) groups excluding carboxylic acids is 1. The first-order valence-electron chi connectivity index (χ1n) is 8.01. The van der Waals surface area contributed by atoms with E-state index in [1.54, 1.807) is 0 Å². The fraction of sp³-hybridized carbons (Fsp3) is 0.941. The number of ether oxygens (including phenoxy) is 1. The van der Waals surface area contributed by atoms with Crippen molar-refractivity contribution in [1.29, 1.82) is 0 Å². The van der Waals surface area contributed by atoms with Crippen LogP contribution in [-0.4, -0.2) is 24.4 Å². The van der Waals surface area contributed by atoms with E-state index in [-0.39, 0.29) is 23.4 Å². The zero-order valence-electron chi connectivity index (χ0n) is 14.7. The molecular formula is C17H34O4. The number of unbranched alkanes of at least 4 members (excludes halogenated alkanes) is 1. The van der Waals surface area contributed by atoms with E-state index in [4.69, 9.17) is 9.99 Å². The third kappa shape index (κ3) is 9.86. The van der Waals surface area contributed by atoms with Crippen molar-refractivity contribution in [3.8, 4) is 0 Å². The van der Waals surface area contributed by atoms with Crippen LogP contribution < -0.4 is 0 Å². The highest BCUT2D eigenvalue weighted by molar-refractivity contribution is 5.69. The highest BCUT2D eigenvalue weighted by Crippen LogP contribution is 2.42. The average molecular weight is 302 g/mol. The van der Waals surface area contributed by atoms with Gasteiger partial charge in [0.2, 0.25) is 0 Å². The lowest BCUT2D eigenvalue weighted by Gasteiger charge is -2.41. The molecule has 0 saturated carbocycles. The van der Waals surface area contributed by atoms with Crippen LogP contribution in [0.15, 0.2) is 0 Å². The first kappa shape index (κ1) is 20.4. The normalized spacial score (nSPS) is 12.8. The second-order valence-corrected chi connectivity index (χ2v) is 7.94. The molecule has 0 aromatic carbocycles. The SMILES string of the molecule is CC(C)(C)C(CCCC(=O)OCCCCOO)C(C)(C)C. The molecule has 0 amide bonds. The Hall–Kier alpha value is -0.610. The maximum absolute atomic E-state index is 11.7. The number of esters is 1. The van der Waals surface area contributed by atoms with Gasteiger partial charge in [-0.3, -0.25) is 10.1 Å². The predicted molar refractivity (Wildman–Crippen MR) is 85.0 cm³/mol. The Labute approximate surface area is 130 Å². The Morgan fingerprint density at radius 3 is 1.95 bits per heavy atom. The van der Waals surface area contributed by atoms with Gasteiger partial charge < -0.3 is 4.74 Å². The van der Waals surface area contributed by atoms with Gasteiger partial charge in [0.05, 0.1) is 13.2 Å². The van der Waals surface area contributed by atoms with Crippen molar-refractivity contribution in [3.63, 3.8) is 0 Å². The summed E-state index contributed by atoms with van der Waals surface area (Å²) in [6.07, 6.45) is 3.82. The van der Waals surface area contributed by atoms with Crippen LogP contribution in [0.5, 0.6) is 0 Å². The van der Waals surface area contributed by atoms with Crippen molar-refractivity contribution in [2.45, 2.75) is 73.6 Å². The zero-order chi connectivity index (χ0) is 16.5. The third-order valence-electron chi connectivity index (χ3n) is 3.86. The van der Waals surface area contributed by atoms with Crippen LogP contribution in [0.4, 0.5) is 0 Å². The van der Waals surface area contributed by atoms with E-state index in [1.165, 1.54) is 0 Å². The number of rotatable bonds is 9. The second-order valence-electron chi connectivity index (χ2n) is 7.94. The van der Waals surface area contributed by atoms with Crippen LogP contribution in [0.2, 0.25) is 0 Å². The van der Waals surface area contributed by atoms with E-state index in [0.717, 1.165) is 19.3 Å². The minimum absolute atomic E-state index is 0.124. The van der Waals surface area contributed by atoms with Gasteiger partial charge in [-0.1, -0.05) is 41.5 Å². The van der Waals surface area contributed by atoms with Crippen molar-refractivity contribution in [1.82, 2.24) is 0 Å². The first-order valence-corrected chi connectivity index (χ1v) is 8.01. The summed E-state index contributed by atoms with van der Waals surface area (Å²) >= 11 is 0. The molecule has 0 aromatic rings. The third-order valence-corrected chi connectivity index (χ3v) is 3.86. The van der Waals surface area contributed by atoms with Crippen LogP contribution in [0.1, 0.15) is 73.6 Å². The minimum Gasteiger partial charge on any atom is -0.466 e. The Kier molecular flexibility index (Phi) is 9.14. The number of hydrogen-bond acceptors (Lipinski definition) is 4. The van der Waals surface area contributed by atoms with Crippen molar-refractivity contribution in [2.75, 3.05) is 13.2 Å². The molecule has 0 saturated heterocycles. The van der Waals surface area contributed by atoms with Gasteiger partial charge in [0.1, 0.15) is 0 Å². The zero-order valence-corrected chi connectivity index (χ0v) is 14.7. The lowest BCUT2D eigenvalue weighted by atomic mass is 9.65. The lowest BCUT2D eigenvalue weighted by molar-refractivity contribution is -0.243. The smallest absolute Gasteiger partial charge is 0.305 e. The maximum Gasteiger partial charge on any atom is 0.305 e. The number of carbonyl (C=O) groups is 1. The van der Waals surface area contributed by atoms with Crippen molar-refractivity contribution < 1.29 is 19.7 Å². The van der Waals surface area contributed by atoms with E-state index in [2.05, 4.69) is 46.4 Å². The molecule has 0 rings (SSSR count). The molecule has 0 aliphatic heterocycles. The monoisotopic (exact) mass is 302 g/mol. The van der Waals surface area contributed by atoms with Crippen LogP contribution in [-0.2, 0) is 14.4 Å². The molecule has 0 spiro atoms. The quantitative estimate of drug-likeness (QED) is 0.291. The Morgan fingerprint density at radius 1 is 0.952 bits per heavy atom. The molecule has 4 nitrogen and oxygen atoms in total. The van der Waals surface area contributed by atoms with Crippen molar-refractivity contribution in [2.24, 2.45) is 16.7 Å². The molecule has 0 fully saturated rings. The molecule has 4 heteroatoms. The molecular weight excluding hydrogens is 268 g/mol. The summed E-state index contributed by atoms with van der Waals surface area (Å²) in [4.78, 5) is 15.6. The van der Waals surface area contributed by atoms with E-state index < -0.39 is 0 Å². The van der Waals surface area contributed by atoms with E-state index >= 15 is 0 Å². The van der Waals surface area contributed by atoms with Gasteiger partial charge in [0.25, 0.3) is 0 Å². The minimum atomic E-state index is -0.124. The molecule has 0 unspecified atom stereocenters. The molecule has 0 aliphatic rings. The summed E-state index contributed by atoms with van der Waals surface area (Å²) in [5.74, 6) is 0.445. The summed E-state index contributed by atoms with van der Waals surface area (Å²) in [6.45, 7) is 14.3. The van der Waals surface area contributed by atoms with Gasteiger partial charge in [0, 0.05) is 6.42 Å². The fourth-order valence-electron chi connectivity index (χ4n) is 3.14. The molecule has 0 radical (unpaired) electrons. The summed E-state index contributed by atoms with van der Waals surface area (Å²) in [6, 6.07) is 0. The standard InChI is InChI=1S/C17H34O4/c1-16(2,3)14(17(4,5)6)10-9-11-15(18)20-12-7-8-13-21-19/h14,19H,7-13H2,1-6H3. The Balaban J connectivity index is 3.97. The molecule has 21 heavy (non-hydrogen) atoms. The van der Waals surface area contributed by atoms with Crippen LogP contribution in [0, 0.1) is 16.7 Å². The fourth-order valence-corrected chi connectivity index (χ4v) is 3.14. The molecule has 126 valence electrons. The van der Waals surface area contributed by atoms with Crippen LogP contribution in [0.3, 0.4) is 0 Å². The molecule has 0 aromatic heterocycles. The second kappa shape index (κ2) is 9.42. The lowest BCUT2D eigenvalue weighted by Crippen LogP contribution is -2.32. The Bertz CT molecular complexity index is 272. The summed E-state index contributed by atoms with van der Waals surface area (Å²) in [7, 11) is 0. The highest BCUT2D eigenvalue weighted by Gasteiger charge is 2.34. The van der Waals surface area contributed by atoms with Gasteiger partial charge >= 0.3 is 5.97 Å². The van der Waals surface area contributed by atoms with Gasteiger partial charge in [-0.25, -0.2) is 4.89 Å². The first-order chi connectivity index (χ1) is 9.59. The van der Waals surface area contributed by atoms with Crippen LogP contribution in [0.25, 0.3) is 0 Å². The van der Waals surface area contributed by atoms with Gasteiger partial charge in [-0.2, -0.15) is 0 Å². The summed E-state index contributed by atoms with van der Waals surface area (Å²) in [5, 5.41) is 8.17. The maximum atomic E-state index is 11.7. The van der Waals surface area contributed by atoms with E-state index in [0.29, 0.717) is 25.4 Å². The summed E-state index contributed by atoms with van der Waals surface area (Å²) < 4.78 is 5.17. The highest BCUT2D eigenvalue weighted by atomic mass is 17.1. The molecule has 0 bridgehead atoms. The van der Waals surface area contributed by atoms with Gasteiger partial charge in [-0.05, 0) is 42.4 Å². The largest absolute Gasteiger partial charge is 0.466 e. The van der Waals surface area contributed by atoms with Crippen LogP contribution >= 0.6 is 0 Å². The van der Waals surface area contributed by atoms with Gasteiger partial charge in [-0.15, -0.1) is 0 Å². The predicted octanol–water partition coefficient (Wildman–Crippen LogP) is 4.68. The topological polar surface area (TPSA) is 55.8 Å². The molecule has 0 atom stereocenters. The average Bonchev–Trinajstić information content (AvgIpc) is 2.31. The van der Waals surface area contributed by atoms with Crippen molar-refractivity contribution in [3.05, 3.63) is 0 Å². The van der Waals surface area contributed by atoms with E-state index in [1.807, 2.05) is 0 Å².